The van der Waals surface area contributed by atoms with Crippen LogP contribution >= 0.6 is 0 Å². The Hall–Kier alpha value is -3.00. The minimum atomic E-state index is -0.959. The second-order valence-corrected chi connectivity index (χ2v) is 5.73. The lowest BCUT2D eigenvalue weighted by atomic mass is 10.1. The molecule has 1 aliphatic rings. The van der Waals surface area contributed by atoms with Crippen molar-refractivity contribution in [1.82, 2.24) is 25.2 Å². The van der Waals surface area contributed by atoms with E-state index in [1.54, 1.807) is 12.1 Å². The van der Waals surface area contributed by atoms with Gasteiger partial charge in [-0.15, -0.1) is 0 Å². The minimum absolute atomic E-state index is 0.228. The second kappa shape index (κ2) is 5.89. The number of nitrogens with one attached hydrogen (secondary N) is 1. The van der Waals surface area contributed by atoms with Gasteiger partial charge in [0.15, 0.2) is 0 Å². The summed E-state index contributed by atoms with van der Waals surface area (Å²) in [6.07, 6.45) is 2.78. The first-order chi connectivity index (χ1) is 11.7. The van der Waals surface area contributed by atoms with E-state index in [0.717, 1.165) is 25.1 Å². The summed E-state index contributed by atoms with van der Waals surface area (Å²) in [5.74, 6) is 0.0428. The molecule has 2 N–H and O–H groups in total. The van der Waals surface area contributed by atoms with Crippen molar-refractivity contribution in [2.75, 3.05) is 6.54 Å². The summed E-state index contributed by atoms with van der Waals surface area (Å²) in [6, 6.07) is 6.41. The zero-order valence-corrected chi connectivity index (χ0v) is 12.8. The van der Waals surface area contributed by atoms with Gasteiger partial charge in [0.2, 0.25) is 11.7 Å². The van der Waals surface area contributed by atoms with Gasteiger partial charge in [0, 0.05) is 36.3 Å². The van der Waals surface area contributed by atoms with Crippen LogP contribution in [0.1, 0.15) is 27.5 Å². The summed E-state index contributed by atoms with van der Waals surface area (Å²) in [4.78, 5) is 17.5. The molecular weight excluding hydrogens is 310 g/mol. The molecule has 0 saturated heterocycles. The molecule has 1 aromatic carbocycles. The number of benzene rings is 1. The maximum absolute atomic E-state index is 10.9. The Bertz CT molecular complexity index is 868. The van der Waals surface area contributed by atoms with Gasteiger partial charge < -0.3 is 9.63 Å². The molecule has 3 aromatic rings. The smallest absolute Gasteiger partial charge is 0.335 e. The molecule has 2 aromatic heterocycles. The van der Waals surface area contributed by atoms with Crippen LogP contribution in [0.3, 0.4) is 0 Å². The molecule has 0 saturated carbocycles. The first-order valence-electron chi connectivity index (χ1n) is 7.59. The Morgan fingerprint density at radius 1 is 1.33 bits per heavy atom. The fourth-order valence-corrected chi connectivity index (χ4v) is 2.80. The van der Waals surface area contributed by atoms with Crippen LogP contribution in [0.5, 0.6) is 0 Å². The normalized spacial score (nSPS) is 14.5. The van der Waals surface area contributed by atoms with Gasteiger partial charge in [-0.3, -0.25) is 10.00 Å². The topological polar surface area (TPSA) is 108 Å². The Morgan fingerprint density at radius 2 is 2.17 bits per heavy atom. The first-order valence-corrected chi connectivity index (χ1v) is 7.59. The number of carboxylic acids is 1. The summed E-state index contributed by atoms with van der Waals surface area (Å²) < 4.78 is 5.33. The van der Waals surface area contributed by atoms with Gasteiger partial charge in [-0.05, 0) is 12.1 Å². The number of rotatable bonds is 4. The van der Waals surface area contributed by atoms with Crippen LogP contribution in [0.2, 0.25) is 0 Å². The number of hydrogen-bond donors (Lipinski definition) is 2. The maximum atomic E-state index is 10.9. The quantitative estimate of drug-likeness (QED) is 0.751. The highest BCUT2D eigenvalue weighted by Gasteiger charge is 2.20. The van der Waals surface area contributed by atoms with E-state index in [-0.39, 0.29) is 5.56 Å². The molecule has 0 unspecified atom stereocenters. The van der Waals surface area contributed by atoms with Crippen LogP contribution in [0, 0.1) is 0 Å². The Balaban J connectivity index is 1.46. The third-order valence-corrected chi connectivity index (χ3v) is 4.10. The molecule has 0 aliphatic carbocycles. The van der Waals surface area contributed by atoms with E-state index in [1.807, 2.05) is 6.20 Å². The lowest BCUT2D eigenvalue weighted by molar-refractivity contribution is 0.0697. The summed E-state index contributed by atoms with van der Waals surface area (Å²) in [5.41, 5.74) is 3.35. The van der Waals surface area contributed by atoms with Crippen LogP contribution in [0.25, 0.3) is 11.4 Å². The minimum Gasteiger partial charge on any atom is -0.478 e. The van der Waals surface area contributed by atoms with Crippen molar-refractivity contribution in [2.24, 2.45) is 0 Å². The molecule has 0 radical (unpaired) electrons. The van der Waals surface area contributed by atoms with Crippen LogP contribution < -0.4 is 0 Å². The van der Waals surface area contributed by atoms with Crippen LogP contribution in [0.15, 0.2) is 35.0 Å². The number of nitrogens with zero attached hydrogens (tertiary/aromatic N) is 4. The van der Waals surface area contributed by atoms with Crippen molar-refractivity contribution in [3.05, 3.63) is 53.2 Å². The number of H-pyrrole nitrogens is 1. The molecule has 8 heteroatoms. The van der Waals surface area contributed by atoms with Gasteiger partial charge in [0.1, 0.15) is 0 Å². The van der Waals surface area contributed by atoms with E-state index in [1.165, 1.54) is 23.4 Å². The largest absolute Gasteiger partial charge is 0.478 e. The van der Waals surface area contributed by atoms with Gasteiger partial charge >= 0.3 is 5.97 Å². The van der Waals surface area contributed by atoms with Gasteiger partial charge in [-0.2, -0.15) is 10.1 Å². The van der Waals surface area contributed by atoms with Gasteiger partial charge in [-0.25, -0.2) is 4.79 Å². The molecular formula is C16H15N5O3. The van der Waals surface area contributed by atoms with E-state index in [2.05, 4.69) is 25.2 Å². The monoisotopic (exact) mass is 325 g/mol. The molecule has 0 amide bonds. The summed E-state index contributed by atoms with van der Waals surface area (Å²) in [5, 5.41) is 20.0. The fourth-order valence-electron chi connectivity index (χ4n) is 2.80. The van der Waals surface area contributed by atoms with Gasteiger partial charge in [0.25, 0.3) is 0 Å². The molecule has 8 nitrogen and oxygen atoms in total. The van der Waals surface area contributed by atoms with Crippen LogP contribution in [-0.4, -0.2) is 42.9 Å². The van der Waals surface area contributed by atoms with Crippen molar-refractivity contribution in [1.29, 1.82) is 0 Å². The lowest BCUT2D eigenvalue weighted by Crippen LogP contribution is -2.29. The van der Waals surface area contributed by atoms with Crippen molar-refractivity contribution in [3.8, 4) is 11.4 Å². The average Bonchev–Trinajstić information content (AvgIpc) is 3.24. The van der Waals surface area contributed by atoms with Crippen LogP contribution in [-0.2, 0) is 19.5 Å². The fraction of sp³-hybridized carbons (Fsp3) is 0.250. The Labute approximate surface area is 137 Å². The summed E-state index contributed by atoms with van der Waals surface area (Å²) in [6.45, 7) is 2.28. The van der Waals surface area contributed by atoms with E-state index in [9.17, 15) is 4.79 Å². The molecule has 0 spiro atoms. The third-order valence-electron chi connectivity index (χ3n) is 4.10. The lowest BCUT2D eigenvalue weighted by Gasteiger charge is -2.24. The number of fused-ring (bicyclic) bond motifs is 1. The van der Waals surface area contributed by atoms with E-state index >= 15 is 0 Å². The molecule has 0 fully saturated rings. The second-order valence-electron chi connectivity index (χ2n) is 5.73. The molecule has 0 bridgehead atoms. The first kappa shape index (κ1) is 14.6. The van der Waals surface area contributed by atoms with E-state index in [4.69, 9.17) is 9.63 Å². The molecule has 0 atom stereocenters. The predicted molar refractivity (Wildman–Crippen MR) is 83.1 cm³/mol. The molecule has 4 rings (SSSR count). The molecule has 1 aliphatic heterocycles. The highest BCUT2D eigenvalue weighted by atomic mass is 16.5. The van der Waals surface area contributed by atoms with E-state index < -0.39 is 5.97 Å². The van der Waals surface area contributed by atoms with Gasteiger partial charge in [0.05, 0.1) is 18.3 Å². The Morgan fingerprint density at radius 3 is 2.96 bits per heavy atom. The van der Waals surface area contributed by atoms with Crippen molar-refractivity contribution in [3.63, 3.8) is 0 Å². The standard InChI is InChI=1S/C16H15N5O3/c22-16(23)11-3-1-10(2-4-11)15-18-14(24-20-15)9-21-6-5-13-12(8-21)7-17-19-13/h1-4,7H,5-6,8-9H2,(H,17,19)(H,22,23). The van der Waals surface area contributed by atoms with Crippen LogP contribution in [0.4, 0.5) is 0 Å². The highest BCUT2D eigenvalue weighted by molar-refractivity contribution is 5.88. The van der Waals surface area contributed by atoms with E-state index in [0.29, 0.717) is 18.3 Å². The average molecular weight is 325 g/mol. The number of hydrogen-bond acceptors (Lipinski definition) is 6. The van der Waals surface area contributed by atoms with Crippen molar-refractivity contribution < 1.29 is 14.4 Å². The summed E-state index contributed by atoms with van der Waals surface area (Å²) in [7, 11) is 0. The zero-order valence-electron chi connectivity index (χ0n) is 12.8. The SMILES string of the molecule is O=C(O)c1ccc(-c2noc(CN3CCc4[nH]ncc4C3)n2)cc1. The third kappa shape index (κ3) is 2.79. The zero-order chi connectivity index (χ0) is 16.5. The van der Waals surface area contributed by atoms with Crippen molar-refractivity contribution in [2.45, 2.75) is 19.5 Å². The Kier molecular flexibility index (Phi) is 3.58. The highest BCUT2D eigenvalue weighted by Crippen LogP contribution is 2.20. The molecule has 24 heavy (non-hydrogen) atoms. The predicted octanol–water partition coefficient (Wildman–Crippen LogP) is 1.72. The number of aromatic nitrogens is 4. The number of aromatic amines is 1. The summed E-state index contributed by atoms with van der Waals surface area (Å²) >= 11 is 0. The maximum Gasteiger partial charge on any atom is 0.335 e. The van der Waals surface area contributed by atoms with Gasteiger partial charge in [-0.1, -0.05) is 17.3 Å². The number of carbonyl (C=O) groups is 1. The number of carboxylic acid groups (broad SMARTS) is 1. The number of aromatic carboxylic acids is 1. The molecule has 3 heterocycles. The molecule has 122 valence electrons. The van der Waals surface area contributed by atoms with Crippen molar-refractivity contribution >= 4 is 5.97 Å².